The van der Waals surface area contributed by atoms with Gasteiger partial charge in [-0.1, -0.05) is 47.5 Å². The van der Waals surface area contributed by atoms with Gasteiger partial charge < -0.3 is 0 Å². The van der Waals surface area contributed by atoms with E-state index < -0.39 is 0 Å². The fraction of sp³-hybridized carbons (Fsp3) is 0.909. The molecule has 0 heteroatoms. The molecule has 0 nitrogen and oxygen atoms in total. The predicted molar refractivity (Wildman–Crippen MR) is 52.4 cm³/mol. The Balaban J connectivity index is 3.70. The van der Waals surface area contributed by atoms with Crippen LogP contribution in [0.5, 0.6) is 0 Å². The van der Waals surface area contributed by atoms with Crippen LogP contribution in [0.15, 0.2) is 0 Å². The molecule has 2 unspecified atom stereocenters. The van der Waals surface area contributed by atoms with Crippen LogP contribution in [-0.2, 0) is 0 Å². The van der Waals surface area contributed by atoms with E-state index in [0.717, 1.165) is 11.8 Å². The Hall–Kier alpha value is 0. The zero-order chi connectivity index (χ0) is 8.85. The molecular weight excluding hydrogens is 132 g/mol. The topological polar surface area (TPSA) is 0 Å². The minimum absolute atomic E-state index is 0.613. The van der Waals surface area contributed by atoms with Gasteiger partial charge in [-0.15, -0.1) is 0 Å². The van der Waals surface area contributed by atoms with Gasteiger partial charge in [0, 0.05) is 0 Å². The normalized spacial score (nSPS) is 12.0. The third kappa shape index (κ3) is 4.44. The van der Waals surface area contributed by atoms with Crippen LogP contribution in [-0.4, -0.2) is 0 Å². The average Bonchev–Trinajstić information content (AvgIpc) is 1.87. The second kappa shape index (κ2) is 5.62. The summed E-state index contributed by atoms with van der Waals surface area (Å²) in [6.45, 7) is 13.2. The standard InChI is InChI=1S/C11H23/c1-6-7-8-11(9(2)3)10(4)5/h9-11H,2,6-8H2,1,3-5H3. The highest BCUT2D eigenvalue weighted by molar-refractivity contribution is 4.70. The fourth-order valence-corrected chi connectivity index (χ4v) is 1.71. The molecule has 0 amide bonds. The molecule has 0 saturated heterocycles. The predicted octanol–water partition coefficient (Wildman–Crippen LogP) is 3.92. The quantitative estimate of drug-likeness (QED) is 0.564. The van der Waals surface area contributed by atoms with Gasteiger partial charge in [-0.2, -0.15) is 0 Å². The minimum atomic E-state index is 0.613. The van der Waals surface area contributed by atoms with Gasteiger partial charge in [-0.3, -0.25) is 0 Å². The lowest BCUT2D eigenvalue weighted by Crippen LogP contribution is -2.15. The first-order valence-electron chi connectivity index (χ1n) is 4.92. The van der Waals surface area contributed by atoms with E-state index in [1.54, 1.807) is 0 Å². The molecule has 0 aromatic carbocycles. The van der Waals surface area contributed by atoms with Crippen LogP contribution in [0.3, 0.4) is 0 Å². The zero-order valence-electron chi connectivity index (χ0n) is 8.56. The summed E-state index contributed by atoms with van der Waals surface area (Å²) in [5, 5.41) is 0. The average molecular weight is 155 g/mol. The third-order valence-corrected chi connectivity index (χ3v) is 2.48. The summed E-state index contributed by atoms with van der Waals surface area (Å²) in [5.74, 6) is 2.24. The Kier molecular flexibility index (Phi) is 5.62. The molecule has 67 valence electrons. The number of rotatable bonds is 5. The van der Waals surface area contributed by atoms with Gasteiger partial charge >= 0.3 is 0 Å². The van der Waals surface area contributed by atoms with E-state index in [4.69, 9.17) is 0 Å². The molecular formula is C11H23. The van der Waals surface area contributed by atoms with Crippen molar-refractivity contribution >= 4 is 0 Å². The first-order valence-corrected chi connectivity index (χ1v) is 4.92. The highest BCUT2D eigenvalue weighted by Gasteiger charge is 2.15. The third-order valence-electron chi connectivity index (χ3n) is 2.48. The highest BCUT2D eigenvalue weighted by Crippen LogP contribution is 2.25. The van der Waals surface area contributed by atoms with E-state index in [1.807, 2.05) is 0 Å². The van der Waals surface area contributed by atoms with Crippen molar-refractivity contribution in [2.24, 2.45) is 17.8 Å². The van der Waals surface area contributed by atoms with E-state index in [9.17, 15) is 0 Å². The molecule has 0 spiro atoms. The number of unbranched alkanes of at least 4 members (excludes halogenated alkanes) is 1. The van der Waals surface area contributed by atoms with Crippen LogP contribution in [0.4, 0.5) is 0 Å². The molecule has 0 rings (SSSR count). The van der Waals surface area contributed by atoms with Crippen molar-refractivity contribution in [1.82, 2.24) is 0 Å². The molecule has 0 aliphatic heterocycles. The van der Waals surface area contributed by atoms with Crippen LogP contribution in [0.25, 0.3) is 0 Å². The van der Waals surface area contributed by atoms with Crippen molar-refractivity contribution in [3.63, 3.8) is 0 Å². The van der Waals surface area contributed by atoms with E-state index in [2.05, 4.69) is 34.6 Å². The molecule has 0 bridgehead atoms. The molecule has 1 radical (unpaired) electrons. The van der Waals surface area contributed by atoms with E-state index >= 15 is 0 Å². The Morgan fingerprint density at radius 3 is 2.00 bits per heavy atom. The maximum absolute atomic E-state index is 4.11. The summed E-state index contributed by atoms with van der Waals surface area (Å²) >= 11 is 0. The Morgan fingerprint density at radius 1 is 1.18 bits per heavy atom. The smallest absolute Gasteiger partial charge is 0.0365 e. The lowest BCUT2D eigenvalue weighted by molar-refractivity contribution is 0.283. The lowest BCUT2D eigenvalue weighted by Gasteiger charge is -2.24. The highest BCUT2D eigenvalue weighted by atomic mass is 14.2. The van der Waals surface area contributed by atoms with E-state index in [1.165, 1.54) is 19.3 Å². The minimum Gasteiger partial charge on any atom is -0.0654 e. The van der Waals surface area contributed by atoms with Gasteiger partial charge in [0.1, 0.15) is 0 Å². The summed E-state index contributed by atoms with van der Waals surface area (Å²) in [6, 6.07) is 0. The van der Waals surface area contributed by atoms with Gasteiger partial charge in [-0.25, -0.2) is 0 Å². The second-order valence-corrected chi connectivity index (χ2v) is 4.03. The van der Waals surface area contributed by atoms with Gasteiger partial charge in [-0.05, 0) is 24.2 Å². The molecule has 0 saturated carbocycles. The van der Waals surface area contributed by atoms with Crippen molar-refractivity contribution in [1.29, 1.82) is 0 Å². The zero-order valence-corrected chi connectivity index (χ0v) is 8.56. The summed E-state index contributed by atoms with van der Waals surface area (Å²) in [7, 11) is 0. The molecule has 11 heavy (non-hydrogen) atoms. The van der Waals surface area contributed by atoms with Crippen molar-refractivity contribution in [2.75, 3.05) is 0 Å². The first-order chi connectivity index (χ1) is 5.09. The monoisotopic (exact) mass is 155 g/mol. The van der Waals surface area contributed by atoms with Crippen molar-refractivity contribution in [2.45, 2.75) is 47.0 Å². The van der Waals surface area contributed by atoms with Crippen LogP contribution in [0.1, 0.15) is 47.0 Å². The molecule has 0 aromatic rings. The lowest BCUT2D eigenvalue weighted by atomic mass is 9.82. The molecule has 0 aliphatic rings. The Labute approximate surface area is 72.4 Å². The Morgan fingerprint density at radius 2 is 1.73 bits per heavy atom. The van der Waals surface area contributed by atoms with Crippen molar-refractivity contribution < 1.29 is 0 Å². The molecule has 0 aromatic heterocycles. The summed E-state index contributed by atoms with van der Waals surface area (Å²) in [5.41, 5.74) is 0. The molecule has 0 N–H and O–H groups in total. The largest absolute Gasteiger partial charge is 0.0654 e. The van der Waals surface area contributed by atoms with Crippen LogP contribution < -0.4 is 0 Å². The van der Waals surface area contributed by atoms with E-state index in [-0.39, 0.29) is 0 Å². The summed E-state index contributed by atoms with van der Waals surface area (Å²) < 4.78 is 0. The van der Waals surface area contributed by atoms with Crippen LogP contribution in [0.2, 0.25) is 0 Å². The number of hydrogen-bond acceptors (Lipinski definition) is 0. The van der Waals surface area contributed by atoms with Gasteiger partial charge in [0.05, 0.1) is 0 Å². The molecule has 0 fully saturated rings. The maximum Gasteiger partial charge on any atom is -0.0365 e. The molecule has 0 aliphatic carbocycles. The number of hydrogen-bond donors (Lipinski definition) is 0. The summed E-state index contributed by atoms with van der Waals surface area (Å²) in [4.78, 5) is 0. The summed E-state index contributed by atoms with van der Waals surface area (Å²) in [6.07, 6.45) is 4.04. The first kappa shape index (κ1) is 11.0. The van der Waals surface area contributed by atoms with Crippen molar-refractivity contribution in [3.05, 3.63) is 6.92 Å². The van der Waals surface area contributed by atoms with Crippen LogP contribution in [0, 0.1) is 24.7 Å². The van der Waals surface area contributed by atoms with Gasteiger partial charge in [0.15, 0.2) is 0 Å². The molecule has 2 atom stereocenters. The SMILES string of the molecule is [CH2]C(C)C(CCCC)C(C)C. The van der Waals surface area contributed by atoms with Crippen molar-refractivity contribution in [3.8, 4) is 0 Å². The van der Waals surface area contributed by atoms with Gasteiger partial charge in [0.2, 0.25) is 0 Å². The van der Waals surface area contributed by atoms with Gasteiger partial charge in [0.25, 0.3) is 0 Å². The van der Waals surface area contributed by atoms with Crippen LogP contribution >= 0.6 is 0 Å². The van der Waals surface area contributed by atoms with E-state index in [0.29, 0.717) is 5.92 Å². The molecule has 0 heterocycles. The Bertz CT molecular complexity index is 74.0. The maximum atomic E-state index is 4.11. The second-order valence-electron chi connectivity index (χ2n) is 4.03. The fourth-order valence-electron chi connectivity index (χ4n) is 1.71.